The monoisotopic (exact) mass is 316 g/mol. The summed E-state index contributed by atoms with van der Waals surface area (Å²) < 4.78 is 1.36. The molecular formula is C12H19IN2. The van der Waals surface area contributed by atoms with E-state index in [0.717, 1.165) is 13.1 Å². The van der Waals surface area contributed by atoms with Gasteiger partial charge >= 0.3 is 0 Å². The molecule has 0 aromatic heterocycles. The molecule has 15 heavy (non-hydrogen) atoms. The van der Waals surface area contributed by atoms with Gasteiger partial charge in [-0.15, -0.1) is 0 Å². The topological polar surface area (TPSA) is 6.48 Å². The van der Waals surface area contributed by atoms with Crippen LogP contribution < -0.4 is 0 Å². The van der Waals surface area contributed by atoms with Crippen molar-refractivity contribution in [3.8, 4) is 0 Å². The molecule has 0 amide bonds. The summed E-state index contributed by atoms with van der Waals surface area (Å²) in [5.74, 6) is 0. The lowest BCUT2D eigenvalue weighted by Gasteiger charge is -2.14. The van der Waals surface area contributed by atoms with E-state index < -0.39 is 0 Å². The second kappa shape index (κ2) is 5.82. The van der Waals surface area contributed by atoms with E-state index in [9.17, 15) is 0 Å². The molecule has 0 unspecified atom stereocenters. The molecule has 0 bridgehead atoms. The number of hydrogen-bond donors (Lipinski definition) is 0. The molecule has 0 heterocycles. The number of nitrogens with zero attached hydrogens (tertiary/aromatic N) is 2. The fraction of sp³-hybridized carbons (Fsp3) is 0.500. The normalized spacial score (nSPS) is 11.4. The van der Waals surface area contributed by atoms with Crippen molar-refractivity contribution in [3.63, 3.8) is 0 Å². The Labute approximate surface area is 106 Å². The Morgan fingerprint density at radius 1 is 1.00 bits per heavy atom. The van der Waals surface area contributed by atoms with Crippen molar-refractivity contribution in [2.75, 3.05) is 28.2 Å². The summed E-state index contributed by atoms with van der Waals surface area (Å²) in [4.78, 5) is 4.39. The van der Waals surface area contributed by atoms with Crippen LogP contribution in [0.5, 0.6) is 0 Å². The maximum atomic E-state index is 2.42. The summed E-state index contributed by atoms with van der Waals surface area (Å²) in [7, 11) is 8.40. The van der Waals surface area contributed by atoms with Crippen LogP contribution in [0.1, 0.15) is 11.1 Å². The van der Waals surface area contributed by atoms with Crippen molar-refractivity contribution in [3.05, 3.63) is 32.9 Å². The fourth-order valence-corrected chi connectivity index (χ4v) is 2.27. The van der Waals surface area contributed by atoms with Gasteiger partial charge in [0.05, 0.1) is 0 Å². The molecule has 84 valence electrons. The largest absolute Gasteiger partial charge is 0.305 e. The Hall–Kier alpha value is -0.130. The van der Waals surface area contributed by atoms with Crippen molar-refractivity contribution < 1.29 is 0 Å². The van der Waals surface area contributed by atoms with Gasteiger partial charge in [-0.3, -0.25) is 0 Å². The van der Waals surface area contributed by atoms with Gasteiger partial charge in [-0.1, -0.05) is 12.1 Å². The summed E-state index contributed by atoms with van der Waals surface area (Å²) in [5, 5.41) is 0. The molecule has 0 radical (unpaired) electrons. The maximum absolute atomic E-state index is 2.42. The van der Waals surface area contributed by atoms with Crippen molar-refractivity contribution in [1.82, 2.24) is 9.80 Å². The molecule has 0 saturated carbocycles. The highest BCUT2D eigenvalue weighted by atomic mass is 125. The highest BCUT2D eigenvalue weighted by Gasteiger charge is 2.03. The van der Waals surface area contributed by atoms with E-state index >= 15 is 0 Å². The molecule has 0 aliphatic heterocycles. The standard InChI is InChI=1S/C12H19IN2/c1-14(2)8-10-5-6-11(9-15(3)4)12(13)7-10/h5-7H,8-9H2,1-4H3/i13-2. The Kier molecular flexibility index (Phi) is 5.02. The summed E-state index contributed by atoms with van der Waals surface area (Å²) >= 11 is 2.42. The molecule has 0 aliphatic rings. The number of rotatable bonds is 4. The average molecular weight is 316 g/mol. The zero-order valence-corrected chi connectivity index (χ0v) is 12.1. The Morgan fingerprint density at radius 2 is 1.60 bits per heavy atom. The molecule has 1 rings (SSSR count). The highest BCUT2D eigenvalue weighted by Crippen LogP contribution is 2.16. The fourth-order valence-electron chi connectivity index (χ4n) is 1.52. The average Bonchev–Trinajstić information content (AvgIpc) is 2.08. The van der Waals surface area contributed by atoms with Crippen molar-refractivity contribution >= 4 is 22.6 Å². The third-order valence-corrected chi connectivity index (χ3v) is 3.11. The molecule has 1 aromatic rings. The van der Waals surface area contributed by atoms with Crippen LogP contribution in [0, 0.1) is 3.57 Å². The van der Waals surface area contributed by atoms with E-state index in [2.05, 4.69) is 78.8 Å². The lowest BCUT2D eigenvalue weighted by molar-refractivity contribution is 0.398. The number of hydrogen-bond acceptors (Lipinski definition) is 2. The lowest BCUT2D eigenvalue weighted by atomic mass is 10.1. The first-order chi connectivity index (χ1) is 6.99. The molecule has 2 nitrogen and oxygen atoms in total. The molecule has 0 aliphatic carbocycles. The number of benzene rings is 1. The van der Waals surface area contributed by atoms with Crippen molar-refractivity contribution in [2.24, 2.45) is 0 Å². The van der Waals surface area contributed by atoms with Gasteiger partial charge in [-0.05, 0) is 68.0 Å². The van der Waals surface area contributed by atoms with Crippen LogP contribution >= 0.6 is 22.6 Å². The quantitative estimate of drug-likeness (QED) is 0.787. The first-order valence-electron chi connectivity index (χ1n) is 5.06. The SMILES string of the molecule is CN(C)Cc1ccc(CN(C)C)c([125I])c1. The predicted molar refractivity (Wildman–Crippen MR) is 73.9 cm³/mol. The Morgan fingerprint density at radius 3 is 2.07 bits per heavy atom. The zero-order chi connectivity index (χ0) is 11.4. The van der Waals surface area contributed by atoms with Gasteiger partial charge in [-0.2, -0.15) is 0 Å². The van der Waals surface area contributed by atoms with E-state index in [1.165, 1.54) is 14.7 Å². The van der Waals surface area contributed by atoms with Crippen molar-refractivity contribution in [2.45, 2.75) is 13.1 Å². The summed E-state index contributed by atoms with van der Waals surface area (Å²) in [6, 6.07) is 6.74. The molecular weight excluding hydrogens is 297 g/mol. The van der Waals surface area contributed by atoms with Gasteiger partial charge in [0.2, 0.25) is 0 Å². The minimum absolute atomic E-state index is 1.01. The van der Waals surface area contributed by atoms with E-state index in [4.69, 9.17) is 0 Å². The van der Waals surface area contributed by atoms with Gasteiger partial charge < -0.3 is 9.80 Å². The zero-order valence-electron chi connectivity index (χ0n) is 9.92. The minimum atomic E-state index is 1.01. The first-order valence-corrected chi connectivity index (χ1v) is 6.13. The molecule has 0 saturated heterocycles. The van der Waals surface area contributed by atoms with E-state index in [-0.39, 0.29) is 0 Å². The van der Waals surface area contributed by atoms with Crippen LogP contribution in [0.25, 0.3) is 0 Å². The van der Waals surface area contributed by atoms with Crippen LogP contribution in [0.15, 0.2) is 18.2 Å². The first kappa shape index (κ1) is 12.9. The third kappa shape index (κ3) is 4.49. The third-order valence-electron chi connectivity index (χ3n) is 2.10. The highest BCUT2D eigenvalue weighted by molar-refractivity contribution is 14.1. The van der Waals surface area contributed by atoms with Gasteiger partial charge in [0.1, 0.15) is 0 Å². The second-order valence-electron chi connectivity index (χ2n) is 4.40. The van der Waals surface area contributed by atoms with Crippen LogP contribution in [0.2, 0.25) is 0 Å². The Balaban J connectivity index is 2.78. The van der Waals surface area contributed by atoms with E-state index in [0.29, 0.717) is 0 Å². The van der Waals surface area contributed by atoms with Crippen LogP contribution in [-0.4, -0.2) is 38.0 Å². The summed E-state index contributed by atoms with van der Waals surface area (Å²) in [6.07, 6.45) is 0. The van der Waals surface area contributed by atoms with Gasteiger partial charge in [-0.25, -0.2) is 0 Å². The van der Waals surface area contributed by atoms with Crippen LogP contribution in [0.3, 0.4) is 0 Å². The predicted octanol–water partition coefficient (Wildman–Crippen LogP) is 2.41. The smallest absolute Gasteiger partial charge is 0.0238 e. The van der Waals surface area contributed by atoms with E-state index in [1.807, 2.05) is 0 Å². The molecule has 0 spiro atoms. The minimum Gasteiger partial charge on any atom is -0.305 e. The second-order valence-corrected chi connectivity index (χ2v) is 5.56. The van der Waals surface area contributed by atoms with Gasteiger partial charge in [0.25, 0.3) is 0 Å². The van der Waals surface area contributed by atoms with Gasteiger partial charge in [0.15, 0.2) is 0 Å². The molecule has 0 fully saturated rings. The van der Waals surface area contributed by atoms with Gasteiger partial charge in [0, 0.05) is 16.7 Å². The Bertz CT molecular complexity index is 321. The molecule has 0 atom stereocenters. The van der Waals surface area contributed by atoms with Crippen LogP contribution in [-0.2, 0) is 13.1 Å². The van der Waals surface area contributed by atoms with Crippen LogP contribution in [0.4, 0.5) is 0 Å². The van der Waals surface area contributed by atoms with Crippen molar-refractivity contribution in [1.29, 1.82) is 0 Å². The summed E-state index contributed by atoms with van der Waals surface area (Å²) in [5.41, 5.74) is 2.79. The maximum Gasteiger partial charge on any atom is 0.0238 e. The summed E-state index contributed by atoms with van der Waals surface area (Å²) in [6.45, 7) is 2.03. The molecule has 0 N–H and O–H groups in total. The van der Waals surface area contributed by atoms with E-state index in [1.54, 1.807) is 0 Å². The lowest BCUT2D eigenvalue weighted by Crippen LogP contribution is -2.13. The molecule has 3 heteroatoms. The number of halogens is 1. The molecule has 1 aromatic carbocycles.